The second kappa shape index (κ2) is 51.5. The molecule has 1 atom stereocenters. The van der Waals surface area contributed by atoms with Gasteiger partial charge in [-0.05, 0) is 109 Å². The SMILES string of the molecule is CC/C=C\C/C=C\C/C=C\C/C=C\CCCCCCC(=O)OCC(COC(=O)CCCCCCC/C=C\CCCCCCC)OC(=O)CCCCCCC/C=C\CCCCCCC. The molecule has 0 radical (unpaired) electrons. The molecule has 0 fully saturated rings. The first-order valence-corrected chi connectivity index (χ1v) is 26.4. The van der Waals surface area contributed by atoms with Crippen molar-refractivity contribution in [2.75, 3.05) is 13.2 Å². The van der Waals surface area contributed by atoms with Crippen molar-refractivity contribution >= 4 is 17.9 Å². The fourth-order valence-corrected chi connectivity index (χ4v) is 7.19. The van der Waals surface area contributed by atoms with Gasteiger partial charge in [0.1, 0.15) is 13.2 Å². The highest BCUT2D eigenvalue weighted by Crippen LogP contribution is 2.14. The third-order valence-electron chi connectivity index (χ3n) is 11.2. The normalized spacial score (nSPS) is 12.6. The molecule has 6 nitrogen and oxygen atoms in total. The van der Waals surface area contributed by atoms with Crippen molar-refractivity contribution in [1.29, 1.82) is 0 Å². The molecule has 0 bridgehead atoms. The highest BCUT2D eigenvalue weighted by Gasteiger charge is 2.19. The van der Waals surface area contributed by atoms with E-state index in [1.54, 1.807) is 0 Å². The minimum atomic E-state index is -0.792. The number of unbranched alkanes of at least 4 members (excludes halogenated alkanes) is 24. The summed E-state index contributed by atoms with van der Waals surface area (Å²) in [6.45, 7) is 6.47. The Kier molecular flexibility index (Phi) is 48.9. The molecule has 0 aliphatic carbocycles. The van der Waals surface area contributed by atoms with Gasteiger partial charge in [0.05, 0.1) is 0 Å². The second-order valence-electron chi connectivity index (χ2n) is 17.4. The number of esters is 3. The highest BCUT2D eigenvalue weighted by molar-refractivity contribution is 5.71. The van der Waals surface area contributed by atoms with E-state index in [0.717, 1.165) is 116 Å². The molecular formula is C57H98O6. The molecule has 0 amide bonds. The van der Waals surface area contributed by atoms with E-state index in [0.29, 0.717) is 19.3 Å². The number of rotatable bonds is 47. The van der Waals surface area contributed by atoms with Gasteiger partial charge in [-0.15, -0.1) is 0 Å². The molecule has 0 aromatic heterocycles. The van der Waals surface area contributed by atoms with Crippen LogP contribution in [0.4, 0.5) is 0 Å². The minimum Gasteiger partial charge on any atom is -0.462 e. The number of hydrogen-bond acceptors (Lipinski definition) is 6. The number of hydrogen-bond donors (Lipinski definition) is 0. The van der Waals surface area contributed by atoms with Gasteiger partial charge in [0.15, 0.2) is 6.10 Å². The van der Waals surface area contributed by atoms with Gasteiger partial charge >= 0.3 is 17.9 Å². The van der Waals surface area contributed by atoms with Gasteiger partial charge in [-0.1, -0.05) is 196 Å². The van der Waals surface area contributed by atoms with E-state index in [9.17, 15) is 14.4 Å². The van der Waals surface area contributed by atoms with Crippen LogP contribution in [0, 0.1) is 0 Å². The Labute approximate surface area is 389 Å². The fraction of sp³-hybridized carbons (Fsp3) is 0.737. The maximum Gasteiger partial charge on any atom is 0.306 e. The lowest BCUT2D eigenvalue weighted by Gasteiger charge is -2.18. The number of allylic oxidation sites excluding steroid dienone is 12. The van der Waals surface area contributed by atoms with Gasteiger partial charge in [-0.2, -0.15) is 0 Å². The summed E-state index contributed by atoms with van der Waals surface area (Å²) in [5.41, 5.74) is 0. The van der Waals surface area contributed by atoms with Crippen LogP contribution >= 0.6 is 0 Å². The molecule has 0 aliphatic rings. The molecular weight excluding hydrogens is 781 g/mol. The van der Waals surface area contributed by atoms with Crippen LogP contribution < -0.4 is 0 Å². The van der Waals surface area contributed by atoms with Crippen LogP contribution in [0.2, 0.25) is 0 Å². The van der Waals surface area contributed by atoms with Crippen LogP contribution in [-0.4, -0.2) is 37.2 Å². The van der Waals surface area contributed by atoms with E-state index < -0.39 is 6.10 Å². The molecule has 63 heavy (non-hydrogen) atoms. The summed E-state index contributed by atoms with van der Waals surface area (Å²) in [6.07, 6.45) is 64.5. The molecule has 0 spiro atoms. The Hall–Kier alpha value is -3.15. The lowest BCUT2D eigenvalue weighted by molar-refractivity contribution is -0.167. The third-order valence-corrected chi connectivity index (χ3v) is 11.2. The van der Waals surface area contributed by atoms with Crippen molar-refractivity contribution in [3.8, 4) is 0 Å². The predicted octanol–water partition coefficient (Wildman–Crippen LogP) is 17.4. The maximum absolute atomic E-state index is 12.8. The van der Waals surface area contributed by atoms with Crippen LogP contribution in [0.15, 0.2) is 72.9 Å². The molecule has 0 saturated heterocycles. The predicted molar refractivity (Wildman–Crippen MR) is 270 cm³/mol. The summed E-state index contributed by atoms with van der Waals surface area (Å²) < 4.78 is 16.8. The van der Waals surface area contributed by atoms with Crippen LogP contribution in [0.3, 0.4) is 0 Å². The molecule has 6 heteroatoms. The van der Waals surface area contributed by atoms with Crippen molar-refractivity contribution in [2.24, 2.45) is 0 Å². The first-order valence-electron chi connectivity index (χ1n) is 26.4. The molecule has 0 aromatic rings. The summed E-state index contributed by atoms with van der Waals surface area (Å²) in [4.78, 5) is 38.0. The Bertz CT molecular complexity index is 1190. The van der Waals surface area contributed by atoms with Crippen LogP contribution in [0.1, 0.15) is 252 Å². The van der Waals surface area contributed by atoms with Gasteiger partial charge < -0.3 is 14.2 Å². The van der Waals surface area contributed by atoms with Gasteiger partial charge in [0, 0.05) is 19.3 Å². The van der Waals surface area contributed by atoms with Crippen molar-refractivity contribution < 1.29 is 28.6 Å². The first-order chi connectivity index (χ1) is 31.0. The number of carbonyl (C=O) groups excluding carboxylic acids is 3. The first kappa shape index (κ1) is 59.9. The van der Waals surface area contributed by atoms with E-state index in [1.165, 1.54) is 96.3 Å². The summed E-state index contributed by atoms with van der Waals surface area (Å²) in [5.74, 6) is -0.929. The Morgan fingerprint density at radius 2 is 0.619 bits per heavy atom. The lowest BCUT2D eigenvalue weighted by atomic mass is 10.1. The van der Waals surface area contributed by atoms with Gasteiger partial charge in [0.25, 0.3) is 0 Å². The van der Waals surface area contributed by atoms with Gasteiger partial charge in [0.2, 0.25) is 0 Å². The van der Waals surface area contributed by atoms with Crippen molar-refractivity contribution in [2.45, 2.75) is 258 Å². The Morgan fingerprint density at radius 3 is 0.984 bits per heavy atom. The quantitative estimate of drug-likeness (QED) is 0.0262. The topological polar surface area (TPSA) is 78.9 Å². The van der Waals surface area contributed by atoms with Crippen LogP contribution in [-0.2, 0) is 28.6 Å². The molecule has 0 aliphatic heterocycles. The maximum atomic E-state index is 12.8. The monoisotopic (exact) mass is 879 g/mol. The second-order valence-corrected chi connectivity index (χ2v) is 17.4. The van der Waals surface area contributed by atoms with E-state index in [2.05, 4.69) is 93.7 Å². The summed E-state index contributed by atoms with van der Waals surface area (Å²) >= 11 is 0. The van der Waals surface area contributed by atoms with Crippen LogP contribution in [0.5, 0.6) is 0 Å². The average Bonchev–Trinajstić information content (AvgIpc) is 3.28. The third kappa shape index (κ3) is 49.7. The zero-order chi connectivity index (χ0) is 45.8. The van der Waals surface area contributed by atoms with E-state index in [4.69, 9.17) is 14.2 Å². The van der Waals surface area contributed by atoms with E-state index in [1.807, 2.05) is 0 Å². The molecule has 0 N–H and O–H groups in total. The Balaban J connectivity index is 4.45. The fourth-order valence-electron chi connectivity index (χ4n) is 7.19. The Morgan fingerprint density at radius 1 is 0.333 bits per heavy atom. The number of carbonyl (C=O) groups is 3. The molecule has 362 valence electrons. The van der Waals surface area contributed by atoms with Crippen molar-refractivity contribution in [1.82, 2.24) is 0 Å². The van der Waals surface area contributed by atoms with E-state index in [-0.39, 0.29) is 31.1 Å². The highest BCUT2D eigenvalue weighted by atomic mass is 16.6. The summed E-state index contributed by atoms with van der Waals surface area (Å²) in [5, 5.41) is 0. The standard InChI is InChI=1S/C57H98O6/c1-4-7-10-13-16-19-22-25-28-29-30-33-35-38-41-44-47-50-56(59)62-53-54(63-57(60)51-48-45-42-39-36-32-27-24-21-18-15-12-9-6-3)52-61-55(58)49-46-43-40-37-34-31-26-23-20-17-14-11-8-5-2/h7,10,16,19,23-28,30,33,54H,4-6,8-9,11-15,17-18,20-22,29,31-32,34-53H2,1-3H3/b10-7-,19-16-,26-23-,27-24-,28-25-,33-30-. The molecule has 0 saturated carbocycles. The zero-order valence-electron chi connectivity index (χ0n) is 41.3. The smallest absolute Gasteiger partial charge is 0.306 e. The summed E-state index contributed by atoms with van der Waals surface area (Å²) in [6, 6.07) is 0. The van der Waals surface area contributed by atoms with Gasteiger partial charge in [-0.25, -0.2) is 0 Å². The molecule has 0 heterocycles. The number of ether oxygens (including phenoxy) is 3. The van der Waals surface area contributed by atoms with Crippen LogP contribution in [0.25, 0.3) is 0 Å². The average molecular weight is 879 g/mol. The minimum absolute atomic E-state index is 0.0909. The zero-order valence-corrected chi connectivity index (χ0v) is 41.3. The summed E-state index contributed by atoms with van der Waals surface area (Å²) in [7, 11) is 0. The largest absolute Gasteiger partial charge is 0.462 e. The van der Waals surface area contributed by atoms with Crippen molar-refractivity contribution in [3.63, 3.8) is 0 Å². The molecule has 1 unspecified atom stereocenters. The lowest BCUT2D eigenvalue weighted by Crippen LogP contribution is -2.30. The molecule has 0 rings (SSSR count). The van der Waals surface area contributed by atoms with Gasteiger partial charge in [-0.3, -0.25) is 14.4 Å². The molecule has 0 aromatic carbocycles. The van der Waals surface area contributed by atoms with Crippen molar-refractivity contribution in [3.05, 3.63) is 72.9 Å². The van der Waals surface area contributed by atoms with E-state index >= 15 is 0 Å².